The zero-order valence-electron chi connectivity index (χ0n) is 18.7. The minimum absolute atomic E-state index is 0.00182. The normalized spacial score (nSPS) is 15.1. The molecule has 35 heavy (non-hydrogen) atoms. The minimum atomic E-state index is -0.580. The summed E-state index contributed by atoms with van der Waals surface area (Å²) in [4.78, 5) is 30.5. The third-order valence-corrected chi connectivity index (χ3v) is 7.05. The van der Waals surface area contributed by atoms with Gasteiger partial charge in [0.05, 0.1) is 21.3 Å². The first kappa shape index (κ1) is 25.6. The smallest absolute Gasteiger partial charge is 0.274 e. The molecule has 3 heterocycles. The Morgan fingerprint density at radius 3 is 2.74 bits per heavy atom. The van der Waals surface area contributed by atoms with Gasteiger partial charge in [0.2, 0.25) is 5.88 Å². The Morgan fingerprint density at radius 1 is 1.20 bits per heavy atom. The molecule has 1 unspecified atom stereocenters. The van der Waals surface area contributed by atoms with Gasteiger partial charge in [-0.3, -0.25) is 9.59 Å². The van der Waals surface area contributed by atoms with Crippen molar-refractivity contribution in [3.63, 3.8) is 0 Å². The quantitative estimate of drug-likeness (QED) is 0.381. The van der Waals surface area contributed by atoms with Crippen LogP contribution in [-0.4, -0.2) is 50.7 Å². The van der Waals surface area contributed by atoms with Crippen LogP contribution in [0.2, 0.25) is 15.1 Å². The minimum Gasteiger partial charge on any atom is -0.472 e. The maximum atomic E-state index is 13.5. The molecule has 1 aromatic carbocycles. The fourth-order valence-corrected chi connectivity index (χ4v) is 5.28. The standard InChI is InChI=1S/C23H22Cl3N5O3S/c1-2-6-28-22(32)15-9-13(24)10-17(26)20(15)29-23(33)18-11-19(34-14-5-8-35-12-14)30-31(18)21-16(25)4-3-7-27-21/h3-4,7,9-11,14H,2,5-6,8,12H2,1H3,(H,28,32)(H,29,33). The Labute approximate surface area is 221 Å². The van der Waals surface area contributed by atoms with Gasteiger partial charge in [0, 0.05) is 29.6 Å². The van der Waals surface area contributed by atoms with E-state index >= 15 is 0 Å². The number of hydrogen-bond donors (Lipinski definition) is 2. The molecule has 2 N–H and O–H groups in total. The average molecular weight is 555 g/mol. The maximum absolute atomic E-state index is 13.5. The molecule has 0 spiro atoms. The molecule has 1 saturated heterocycles. The number of ether oxygens (including phenoxy) is 1. The molecule has 12 heteroatoms. The fraction of sp³-hybridized carbons (Fsp3) is 0.304. The summed E-state index contributed by atoms with van der Waals surface area (Å²) in [5.41, 5.74) is 0.382. The van der Waals surface area contributed by atoms with Gasteiger partial charge in [0.15, 0.2) is 5.82 Å². The molecular weight excluding hydrogens is 533 g/mol. The Morgan fingerprint density at radius 2 is 2.03 bits per heavy atom. The molecule has 1 aliphatic heterocycles. The topological polar surface area (TPSA) is 98.1 Å². The molecule has 2 aromatic heterocycles. The van der Waals surface area contributed by atoms with Gasteiger partial charge in [0.25, 0.3) is 11.8 Å². The van der Waals surface area contributed by atoms with Crippen LogP contribution in [0.15, 0.2) is 36.5 Å². The lowest BCUT2D eigenvalue weighted by Crippen LogP contribution is -2.26. The molecule has 184 valence electrons. The summed E-state index contributed by atoms with van der Waals surface area (Å²) >= 11 is 20.7. The number of carbonyl (C=O) groups excluding carboxylic acids is 2. The first-order valence-electron chi connectivity index (χ1n) is 10.9. The van der Waals surface area contributed by atoms with E-state index in [0.717, 1.165) is 24.3 Å². The number of pyridine rings is 1. The largest absolute Gasteiger partial charge is 0.472 e. The van der Waals surface area contributed by atoms with Gasteiger partial charge in [-0.15, -0.1) is 5.10 Å². The van der Waals surface area contributed by atoms with E-state index < -0.39 is 11.8 Å². The van der Waals surface area contributed by atoms with Crippen LogP contribution in [0.5, 0.6) is 5.88 Å². The molecule has 1 atom stereocenters. The van der Waals surface area contributed by atoms with Gasteiger partial charge in [0.1, 0.15) is 11.8 Å². The van der Waals surface area contributed by atoms with Crippen molar-refractivity contribution in [3.8, 4) is 11.7 Å². The molecule has 0 bridgehead atoms. The van der Waals surface area contributed by atoms with Gasteiger partial charge in [-0.1, -0.05) is 41.7 Å². The number of thioether (sulfide) groups is 1. The molecule has 1 fully saturated rings. The number of benzene rings is 1. The van der Waals surface area contributed by atoms with E-state index in [2.05, 4.69) is 20.7 Å². The van der Waals surface area contributed by atoms with Crippen LogP contribution < -0.4 is 15.4 Å². The first-order chi connectivity index (χ1) is 16.9. The van der Waals surface area contributed by atoms with Crippen molar-refractivity contribution in [2.75, 3.05) is 23.4 Å². The summed E-state index contributed by atoms with van der Waals surface area (Å²) in [6.45, 7) is 2.39. The summed E-state index contributed by atoms with van der Waals surface area (Å²) in [6.07, 6.45) is 3.18. The van der Waals surface area contributed by atoms with E-state index in [1.807, 2.05) is 6.92 Å². The van der Waals surface area contributed by atoms with Crippen molar-refractivity contribution in [1.82, 2.24) is 20.1 Å². The third-order valence-electron chi connectivity index (χ3n) is 5.11. The van der Waals surface area contributed by atoms with Crippen LogP contribution in [0.4, 0.5) is 5.69 Å². The molecule has 4 rings (SSSR count). The number of hydrogen-bond acceptors (Lipinski definition) is 6. The number of aromatic nitrogens is 3. The van der Waals surface area contributed by atoms with E-state index in [1.54, 1.807) is 30.1 Å². The highest BCUT2D eigenvalue weighted by Gasteiger charge is 2.25. The predicted octanol–water partition coefficient (Wildman–Crippen LogP) is 5.50. The Hall–Kier alpha value is -2.46. The highest BCUT2D eigenvalue weighted by atomic mass is 35.5. The van der Waals surface area contributed by atoms with Crippen molar-refractivity contribution in [3.05, 3.63) is 62.9 Å². The zero-order valence-corrected chi connectivity index (χ0v) is 21.8. The van der Waals surface area contributed by atoms with Crippen LogP contribution >= 0.6 is 46.6 Å². The van der Waals surface area contributed by atoms with Crippen LogP contribution in [0.1, 0.15) is 40.6 Å². The molecule has 1 aliphatic rings. The first-order valence-corrected chi connectivity index (χ1v) is 13.2. The maximum Gasteiger partial charge on any atom is 0.274 e. The SMILES string of the molecule is CCCNC(=O)c1cc(Cl)cc(Cl)c1NC(=O)c1cc(OC2CCSC2)nn1-c1ncccc1Cl. The van der Waals surface area contributed by atoms with E-state index in [1.165, 1.54) is 22.9 Å². The van der Waals surface area contributed by atoms with Crippen molar-refractivity contribution in [1.29, 1.82) is 0 Å². The summed E-state index contributed by atoms with van der Waals surface area (Å²) < 4.78 is 7.31. The third kappa shape index (κ3) is 6.03. The zero-order chi connectivity index (χ0) is 24.9. The number of nitrogens with zero attached hydrogens (tertiary/aromatic N) is 3. The second-order valence-corrected chi connectivity index (χ2v) is 10.1. The van der Waals surface area contributed by atoms with Crippen LogP contribution in [-0.2, 0) is 0 Å². The lowest BCUT2D eigenvalue weighted by Gasteiger charge is -2.14. The van der Waals surface area contributed by atoms with E-state index in [-0.39, 0.29) is 44.8 Å². The second-order valence-electron chi connectivity index (χ2n) is 7.71. The lowest BCUT2D eigenvalue weighted by atomic mass is 10.1. The van der Waals surface area contributed by atoms with Gasteiger partial charge >= 0.3 is 0 Å². The average Bonchev–Trinajstić information content (AvgIpc) is 3.49. The number of rotatable bonds is 8. The molecule has 0 saturated carbocycles. The summed E-state index contributed by atoms with van der Waals surface area (Å²) in [5, 5.41) is 10.6. The molecule has 3 aromatic rings. The lowest BCUT2D eigenvalue weighted by molar-refractivity contribution is 0.0954. The number of halogens is 3. The molecule has 0 radical (unpaired) electrons. The molecular formula is C23H22Cl3N5O3S. The van der Waals surface area contributed by atoms with E-state index in [4.69, 9.17) is 39.5 Å². The summed E-state index contributed by atoms with van der Waals surface area (Å²) in [7, 11) is 0. The van der Waals surface area contributed by atoms with Gasteiger partial charge in [-0.2, -0.15) is 11.8 Å². The van der Waals surface area contributed by atoms with E-state index in [0.29, 0.717) is 11.6 Å². The molecule has 0 aliphatic carbocycles. The van der Waals surface area contributed by atoms with Crippen LogP contribution in [0, 0.1) is 0 Å². The number of anilines is 1. The van der Waals surface area contributed by atoms with Gasteiger partial charge in [-0.05, 0) is 42.9 Å². The molecule has 2 amide bonds. The molecule has 8 nitrogen and oxygen atoms in total. The monoisotopic (exact) mass is 553 g/mol. The van der Waals surface area contributed by atoms with Crippen molar-refractivity contribution < 1.29 is 14.3 Å². The summed E-state index contributed by atoms with van der Waals surface area (Å²) in [5.74, 6) is 1.39. The van der Waals surface area contributed by atoms with Gasteiger partial charge < -0.3 is 15.4 Å². The second kappa shape index (κ2) is 11.5. The van der Waals surface area contributed by atoms with Crippen molar-refractivity contribution in [2.24, 2.45) is 0 Å². The fourth-order valence-electron chi connectivity index (χ4n) is 3.44. The Kier molecular flexibility index (Phi) is 8.43. The van der Waals surface area contributed by atoms with Crippen LogP contribution in [0.3, 0.4) is 0 Å². The van der Waals surface area contributed by atoms with Crippen molar-refractivity contribution in [2.45, 2.75) is 25.9 Å². The number of amides is 2. The van der Waals surface area contributed by atoms with Gasteiger partial charge in [-0.25, -0.2) is 9.67 Å². The van der Waals surface area contributed by atoms with E-state index in [9.17, 15) is 9.59 Å². The Balaban J connectivity index is 1.71. The predicted molar refractivity (Wildman–Crippen MR) is 140 cm³/mol. The number of nitrogens with one attached hydrogen (secondary N) is 2. The van der Waals surface area contributed by atoms with Crippen LogP contribution in [0.25, 0.3) is 5.82 Å². The Bertz CT molecular complexity index is 1250. The number of carbonyl (C=O) groups is 2. The summed E-state index contributed by atoms with van der Waals surface area (Å²) in [6, 6.07) is 7.75. The highest BCUT2D eigenvalue weighted by molar-refractivity contribution is 7.99. The van der Waals surface area contributed by atoms with Crippen molar-refractivity contribution >= 4 is 64.1 Å². The highest BCUT2D eigenvalue weighted by Crippen LogP contribution is 2.32.